The maximum Gasteiger partial charge on any atom is 0.237 e. The Morgan fingerprint density at radius 3 is 2.55 bits per heavy atom. The van der Waals surface area contributed by atoms with Crippen LogP contribution in [0.4, 0.5) is 0 Å². The average molecular weight is 292 g/mol. The Bertz CT molecular complexity index is 416. The lowest BCUT2D eigenvalue weighted by atomic mass is 9.94. The van der Waals surface area contributed by atoms with E-state index in [1.54, 1.807) is 0 Å². The fourth-order valence-corrected chi connectivity index (χ4v) is 3.46. The number of amides is 1. The van der Waals surface area contributed by atoms with Crippen LogP contribution in [-0.4, -0.2) is 29.5 Å². The van der Waals surface area contributed by atoms with Crippen molar-refractivity contribution in [3.05, 3.63) is 35.9 Å². The van der Waals surface area contributed by atoms with Crippen LogP contribution in [0.1, 0.15) is 31.2 Å². The topological polar surface area (TPSA) is 55.1 Å². The lowest BCUT2D eigenvalue weighted by Gasteiger charge is -2.28. The van der Waals surface area contributed by atoms with Crippen LogP contribution in [0.2, 0.25) is 0 Å². The van der Waals surface area contributed by atoms with E-state index in [0.717, 1.165) is 23.7 Å². The van der Waals surface area contributed by atoms with Gasteiger partial charge in [0.05, 0.1) is 6.04 Å². The van der Waals surface area contributed by atoms with Crippen molar-refractivity contribution in [1.82, 2.24) is 5.32 Å². The van der Waals surface area contributed by atoms with Crippen LogP contribution in [0.25, 0.3) is 0 Å². The fraction of sp³-hybridized carbons (Fsp3) is 0.562. The molecule has 4 heteroatoms. The molecule has 1 aromatic carbocycles. The highest BCUT2D eigenvalue weighted by Crippen LogP contribution is 2.26. The van der Waals surface area contributed by atoms with E-state index in [0.29, 0.717) is 12.5 Å². The number of thioether (sulfide) groups is 1. The van der Waals surface area contributed by atoms with Crippen LogP contribution in [0.5, 0.6) is 0 Å². The molecular weight excluding hydrogens is 268 g/mol. The molecule has 1 fully saturated rings. The molecule has 0 saturated heterocycles. The summed E-state index contributed by atoms with van der Waals surface area (Å²) in [5, 5.41) is 3.88. The van der Waals surface area contributed by atoms with E-state index >= 15 is 0 Å². The highest BCUT2D eigenvalue weighted by atomic mass is 32.2. The zero-order valence-electron chi connectivity index (χ0n) is 12.0. The van der Waals surface area contributed by atoms with Crippen LogP contribution in [0, 0.1) is 0 Å². The first kappa shape index (κ1) is 15.4. The largest absolute Gasteiger partial charge is 0.352 e. The van der Waals surface area contributed by atoms with E-state index in [-0.39, 0.29) is 5.91 Å². The second-order valence-electron chi connectivity index (χ2n) is 5.51. The third kappa shape index (κ3) is 4.53. The van der Waals surface area contributed by atoms with Crippen LogP contribution < -0.4 is 11.1 Å². The van der Waals surface area contributed by atoms with E-state index < -0.39 is 6.04 Å². The van der Waals surface area contributed by atoms with Gasteiger partial charge in [-0.3, -0.25) is 4.79 Å². The maximum absolute atomic E-state index is 12.1. The van der Waals surface area contributed by atoms with E-state index in [1.807, 2.05) is 42.1 Å². The molecule has 1 aliphatic rings. The fourth-order valence-electron chi connectivity index (χ4n) is 2.71. The predicted octanol–water partition coefficient (Wildman–Crippen LogP) is 2.35. The quantitative estimate of drug-likeness (QED) is 0.876. The molecule has 0 aromatic heterocycles. The lowest BCUT2D eigenvalue weighted by molar-refractivity contribution is -0.123. The molecule has 0 aliphatic heterocycles. The second kappa shape index (κ2) is 7.70. The van der Waals surface area contributed by atoms with Crippen LogP contribution in [0.15, 0.2) is 30.3 Å². The van der Waals surface area contributed by atoms with Gasteiger partial charge in [0.2, 0.25) is 5.91 Å². The molecule has 1 aromatic rings. The van der Waals surface area contributed by atoms with Gasteiger partial charge in [0.15, 0.2) is 0 Å². The summed E-state index contributed by atoms with van der Waals surface area (Å²) in [7, 11) is 0. The number of hydrogen-bond acceptors (Lipinski definition) is 3. The minimum absolute atomic E-state index is 0.0125. The number of carbonyl (C=O) groups is 1. The summed E-state index contributed by atoms with van der Waals surface area (Å²) in [5.74, 6) is -0.0125. The minimum Gasteiger partial charge on any atom is -0.352 e. The molecule has 1 amide bonds. The SMILES string of the molecule is CSC1CCC(NC(=O)[C@H](N)Cc2ccccc2)CC1. The molecule has 0 unspecified atom stereocenters. The highest BCUT2D eigenvalue weighted by molar-refractivity contribution is 7.99. The third-order valence-corrected chi connectivity index (χ3v) is 5.13. The molecule has 2 rings (SSSR count). The Balaban J connectivity index is 1.77. The smallest absolute Gasteiger partial charge is 0.237 e. The molecule has 0 radical (unpaired) electrons. The highest BCUT2D eigenvalue weighted by Gasteiger charge is 2.23. The Morgan fingerprint density at radius 2 is 1.95 bits per heavy atom. The zero-order valence-corrected chi connectivity index (χ0v) is 12.9. The number of carbonyl (C=O) groups excluding carboxylic acids is 1. The predicted molar refractivity (Wildman–Crippen MR) is 85.8 cm³/mol. The monoisotopic (exact) mass is 292 g/mol. The summed E-state index contributed by atoms with van der Waals surface area (Å²) in [5.41, 5.74) is 7.12. The van der Waals surface area contributed by atoms with Crippen LogP contribution in [-0.2, 0) is 11.2 Å². The van der Waals surface area contributed by atoms with Gasteiger partial charge >= 0.3 is 0 Å². The van der Waals surface area contributed by atoms with E-state index in [4.69, 9.17) is 5.73 Å². The number of rotatable bonds is 5. The van der Waals surface area contributed by atoms with E-state index in [2.05, 4.69) is 11.6 Å². The summed E-state index contributed by atoms with van der Waals surface area (Å²) >= 11 is 1.94. The Hall–Kier alpha value is -1.00. The molecule has 0 heterocycles. The van der Waals surface area contributed by atoms with E-state index in [1.165, 1.54) is 12.8 Å². The first-order valence-electron chi connectivity index (χ1n) is 7.31. The van der Waals surface area contributed by atoms with Crippen molar-refractivity contribution in [3.63, 3.8) is 0 Å². The molecule has 0 spiro atoms. The van der Waals surface area contributed by atoms with E-state index in [9.17, 15) is 4.79 Å². The minimum atomic E-state index is -0.448. The Kier molecular flexibility index (Phi) is 5.92. The first-order chi connectivity index (χ1) is 9.69. The van der Waals surface area contributed by atoms with Gasteiger partial charge in [-0.15, -0.1) is 0 Å². The summed E-state index contributed by atoms with van der Waals surface area (Å²) in [4.78, 5) is 12.1. The number of hydrogen-bond donors (Lipinski definition) is 2. The molecule has 3 N–H and O–H groups in total. The van der Waals surface area contributed by atoms with Crippen molar-refractivity contribution in [1.29, 1.82) is 0 Å². The summed E-state index contributed by atoms with van der Waals surface area (Å²) in [6.45, 7) is 0. The second-order valence-corrected chi connectivity index (χ2v) is 6.65. The van der Waals surface area contributed by atoms with Crippen molar-refractivity contribution in [2.45, 2.75) is 49.4 Å². The molecule has 1 atom stereocenters. The van der Waals surface area contributed by atoms with Gasteiger partial charge in [-0.2, -0.15) is 11.8 Å². The summed E-state index contributed by atoms with van der Waals surface area (Å²) < 4.78 is 0. The van der Waals surface area contributed by atoms with Gasteiger partial charge in [-0.25, -0.2) is 0 Å². The summed E-state index contributed by atoms with van der Waals surface area (Å²) in [6.07, 6.45) is 7.32. The van der Waals surface area contributed by atoms with Crippen LogP contribution in [0.3, 0.4) is 0 Å². The van der Waals surface area contributed by atoms with Crippen molar-refractivity contribution < 1.29 is 4.79 Å². The van der Waals surface area contributed by atoms with Gasteiger partial charge in [-0.1, -0.05) is 30.3 Å². The zero-order chi connectivity index (χ0) is 14.4. The standard InChI is InChI=1S/C16H24N2OS/c1-20-14-9-7-13(8-10-14)18-16(19)15(17)11-12-5-3-2-4-6-12/h2-6,13-15H,7-11,17H2,1H3,(H,18,19)/t13?,14?,15-/m1/s1. The molecule has 3 nitrogen and oxygen atoms in total. The number of benzene rings is 1. The van der Waals surface area contributed by atoms with Gasteiger partial charge < -0.3 is 11.1 Å². The number of nitrogens with two attached hydrogens (primary N) is 1. The normalized spacial score (nSPS) is 24.1. The van der Waals surface area contributed by atoms with Crippen molar-refractivity contribution in [2.24, 2.45) is 5.73 Å². The van der Waals surface area contributed by atoms with Gasteiger partial charge in [0.1, 0.15) is 0 Å². The molecule has 0 bridgehead atoms. The molecule has 110 valence electrons. The van der Waals surface area contributed by atoms with Gasteiger partial charge in [0.25, 0.3) is 0 Å². The van der Waals surface area contributed by atoms with Gasteiger partial charge in [-0.05, 0) is 43.9 Å². The first-order valence-corrected chi connectivity index (χ1v) is 8.60. The number of nitrogens with one attached hydrogen (secondary N) is 1. The molecule has 20 heavy (non-hydrogen) atoms. The average Bonchev–Trinajstić information content (AvgIpc) is 2.49. The van der Waals surface area contributed by atoms with Crippen molar-refractivity contribution >= 4 is 17.7 Å². The Morgan fingerprint density at radius 1 is 1.30 bits per heavy atom. The van der Waals surface area contributed by atoms with Crippen molar-refractivity contribution in [2.75, 3.05) is 6.26 Å². The maximum atomic E-state index is 12.1. The molecule has 1 saturated carbocycles. The van der Waals surface area contributed by atoms with Gasteiger partial charge in [0, 0.05) is 11.3 Å². The third-order valence-electron chi connectivity index (χ3n) is 3.99. The van der Waals surface area contributed by atoms with Crippen LogP contribution >= 0.6 is 11.8 Å². The summed E-state index contributed by atoms with van der Waals surface area (Å²) in [6, 6.07) is 9.81. The molecule has 1 aliphatic carbocycles. The molecular formula is C16H24N2OS. The van der Waals surface area contributed by atoms with Crippen molar-refractivity contribution in [3.8, 4) is 0 Å². The lowest BCUT2D eigenvalue weighted by Crippen LogP contribution is -2.47. The Labute approximate surface area is 125 Å².